The lowest BCUT2D eigenvalue weighted by Gasteiger charge is -2.38. The van der Waals surface area contributed by atoms with Gasteiger partial charge in [0.1, 0.15) is 18.2 Å². The molecule has 4 aromatic heterocycles. The number of nitrogens with zero attached hydrogens (tertiary/aromatic N) is 9. The van der Waals surface area contributed by atoms with Crippen LogP contribution in [0.3, 0.4) is 0 Å². The van der Waals surface area contributed by atoms with Crippen LogP contribution >= 0.6 is 45.3 Å². The van der Waals surface area contributed by atoms with Crippen LogP contribution in [0.2, 0.25) is 0 Å². The molecule has 0 unspecified atom stereocenters. The second kappa shape index (κ2) is 28.6. The molecule has 0 bridgehead atoms. The molecule has 2 aliphatic carbocycles. The van der Waals surface area contributed by atoms with Crippen LogP contribution in [0, 0.1) is 25.5 Å². The first kappa shape index (κ1) is 61.4. The van der Waals surface area contributed by atoms with Gasteiger partial charge in [0, 0.05) is 95.7 Å². The molecule has 6 N–H and O–H groups in total. The van der Waals surface area contributed by atoms with Gasteiger partial charge in [-0.2, -0.15) is 0 Å². The van der Waals surface area contributed by atoms with Crippen molar-refractivity contribution >= 4 is 130 Å². The fraction of sp³-hybridized carbons (Fsp3) is 0.467. The molecule has 2 saturated heterocycles. The molecule has 3 amide bonds. The molecular weight excluding hydrogens is 1160 g/mol. The van der Waals surface area contributed by atoms with E-state index in [1.54, 1.807) is 36.2 Å². The van der Waals surface area contributed by atoms with Crippen molar-refractivity contribution in [1.29, 1.82) is 0 Å². The van der Waals surface area contributed by atoms with E-state index in [4.69, 9.17) is 20.1 Å². The van der Waals surface area contributed by atoms with Crippen molar-refractivity contribution in [2.75, 3.05) is 114 Å². The van der Waals surface area contributed by atoms with Crippen molar-refractivity contribution in [3.63, 3.8) is 0 Å². The van der Waals surface area contributed by atoms with Crippen molar-refractivity contribution in [2.45, 2.75) is 90.4 Å². The zero-order valence-corrected chi connectivity index (χ0v) is 51.7. The number of likely N-dealkylation sites (N-methyl/N-ethyl adjacent to an activating group) is 1. The molecule has 452 valence electrons. The van der Waals surface area contributed by atoms with Crippen molar-refractivity contribution in [2.24, 2.45) is 0 Å². The minimum atomic E-state index is -0.922. The fourth-order valence-corrected chi connectivity index (χ4v) is 15.5. The molecule has 12 rings (SSSR count). The highest BCUT2D eigenvalue weighted by Crippen LogP contribution is 2.39. The van der Waals surface area contributed by atoms with Gasteiger partial charge in [-0.15, -0.1) is 0 Å². The number of carbonyl (C=O) groups excluding carboxylic acids is 3. The Balaban J connectivity index is 0.000000166. The number of anilines is 4. The third kappa shape index (κ3) is 15.8. The van der Waals surface area contributed by atoms with Crippen LogP contribution in [0.1, 0.15) is 73.6 Å². The lowest BCUT2D eigenvalue weighted by Crippen LogP contribution is -2.52. The summed E-state index contributed by atoms with van der Waals surface area (Å²) in [4.78, 5) is 78.5. The van der Waals surface area contributed by atoms with Crippen LogP contribution in [-0.4, -0.2) is 178 Å². The topological polar surface area (TPSA) is 216 Å². The first-order valence-electron chi connectivity index (χ1n) is 29.1. The highest BCUT2D eigenvalue weighted by atomic mass is 32.1. The second-order valence-electron chi connectivity index (χ2n) is 22.0. The van der Waals surface area contributed by atoms with E-state index in [9.17, 15) is 28.0 Å². The molecule has 0 radical (unpaired) electrons. The molecule has 8 aromatic rings. The summed E-state index contributed by atoms with van der Waals surface area (Å²) in [7, 11) is 3.59. The largest absolute Gasteiger partial charge is 0.480 e. The van der Waals surface area contributed by atoms with Gasteiger partial charge in [-0.25, -0.2) is 28.7 Å². The van der Waals surface area contributed by atoms with E-state index in [1.807, 2.05) is 36.8 Å². The van der Waals surface area contributed by atoms with E-state index >= 15 is 0 Å². The van der Waals surface area contributed by atoms with E-state index in [0.717, 1.165) is 138 Å². The highest BCUT2D eigenvalue weighted by molar-refractivity contribution is 7.25. The van der Waals surface area contributed by atoms with E-state index in [2.05, 4.69) is 47.4 Å². The van der Waals surface area contributed by atoms with Crippen molar-refractivity contribution < 1.29 is 33.1 Å². The molecule has 0 spiro atoms. The number of carboxylic acids is 1. The van der Waals surface area contributed by atoms with Crippen LogP contribution in [0.25, 0.3) is 40.9 Å². The quantitative estimate of drug-likeness (QED) is 0.0471. The number of halogens is 2. The zero-order chi connectivity index (χ0) is 59.6. The van der Waals surface area contributed by atoms with Gasteiger partial charge in [0.25, 0.3) is 0 Å². The summed E-state index contributed by atoms with van der Waals surface area (Å²) >= 11 is 5.99. The lowest BCUT2D eigenvalue weighted by atomic mass is 10.2. The maximum Gasteiger partial charge on any atom is 0.322 e. The van der Waals surface area contributed by atoms with Crippen LogP contribution in [-0.2, 0) is 32.3 Å². The monoisotopic (exact) mass is 1240 g/mol. The van der Waals surface area contributed by atoms with Gasteiger partial charge in [0.2, 0.25) is 17.7 Å². The molecule has 2 aliphatic heterocycles. The Labute approximate surface area is 509 Å². The minimum Gasteiger partial charge on any atom is -0.480 e. The third-order valence-electron chi connectivity index (χ3n) is 16.2. The average molecular weight is 1240 g/mol. The molecule has 85 heavy (non-hydrogen) atoms. The van der Waals surface area contributed by atoms with Gasteiger partial charge in [-0.05, 0) is 94.1 Å². The molecule has 19 nitrogen and oxygen atoms in total. The van der Waals surface area contributed by atoms with Crippen LogP contribution in [0.4, 0.5) is 29.3 Å². The Bertz CT molecular complexity index is 3590. The highest BCUT2D eigenvalue weighted by Gasteiger charge is 2.30. The average Bonchev–Trinajstić information content (AvgIpc) is 3.10. The Morgan fingerprint density at radius 2 is 0.894 bits per heavy atom. The first-order chi connectivity index (χ1) is 41.1. The number of amides is 3. The molecule has 4 fully saturated rings. The summed E-state index contributed by atoms with van der Waals surface area (Å²) in [5, 5.41) is 27.0. The van der Waals surface area contributed by atoms with Gasteiger partial charge in [0.05, 0.1) is 60.5 Å². The SMILES string of the molecule is CNCc1ccc(F)cc1.Cc1c2nc(NCC(=O)N(C)Cc3ccc(F)cc3)sc2cc2sc(NCC(=O)N3CCN(C4CCCC4)CC3)nc12.Cc1c2nc(NCC(=O)O)sc2cc2sc(NCC(=O)N3CCN(C4CCCC4)CC3)nc12. The van der Waals surface area contributed by atoms with E-state index in [1.165, 1.54) is 121 Å². The standard InChI is InChI=1S/C30H36FN7O2S2.C22H28N6O3S2.C8H10FN/c1-19-27-23(41-29(34-27)32-16-25(39)36(2)18-20-7-9-21(31)10-8-20)15-24-28(19)35-30(42-24)33-17-26(40)38-13-11-37(12-14-38)22-5-3-4-6-22;1-13-19-15(10-16-20(13)26-22(33-16)24-12-18(30)31)32-21(25-19)23-11-17(29)28-8-6-27(7-9-28)14-4-2-3-5-14;1-10-6-7-2-4-8(9)5-3-7/h7-10,15,22H,3-6,11-14,16-18H2,1-2H3,(H,32,34)(H,33,35);10,14H,2-9,11-12H2,1H3,(H,23,25)(H,24,26)(H,30,31);2-5,10H,6H2,1H3. The Hall–Kier alpha value is -6.74. The number of piperazine rings is 2. The summed E-state index contributed by atoms with van der Waals surface area (Å²) in [6.07, 6.45) is 10.6. The van der Waals surface area contributed by atoms with Crippen molar-refractivity contribution in [3.05, 3.63) is 94.6 Å². The van der Waals surface area contributed by atoms with Crippen LogP contribution in [0.5, 0.6) is 0 Å². The number of carbonyl (C=O) groups is 4. The molecule has 2 saturated carbocycles. The maximum absolute atomic E-state index is 13.2. The summed E-state index contributed by atoms with van der Waals surface area (Å²) in [5.74, 6) is -1.24. The normalized spacial score (nSPS) is 16.2. The van der Waals surface area contributed by atoms with Crippen LogP contribution < -0.4 is 26.6 Å². The Morgan fingerprint density at radius 1 is 0.541 bits per heavy atom. The van der Waals surface area contributed by atoms with Crippen molar-refractivity contribution in [3.8, 4) is 0 Å². The predicted octanol–water partition coefficient (Wildman–Crippen LogP) is 9.68. The molecule has 0 atom stereocenters. The smallest absolute Gasteiger partial charge is 0.322 e. The van der Waals surface area contributed by atoms with E-state index in [-0.39, 0.29) is 55.5 Å². The molecule has 25 heteroatoms. The lowest BCUT2D eigenvalue weighted by molar-refractivity contribution is -0.135. The van der Waals surface area contributed by atoms with Gasteiger partial charge in [-0.3, -0.25) is 29.0 Å². The zero-order valence-electron chi connectivity index (χ0n) is 48.5. The van der Waals surface area contributed by atoms with Crippen molar-refractivity contribution in [1.82, 2.24) is 49.8 Å². The Kier molecular flexibility index (Phi) is 20.7. The number of aliphatic carboxylic acids is 1. The number of nitrogens with one attached hydrogen (secondary N) is 5. The number of aromatic nitrogens is 4. The number of thiazole rings is 4. The molecule has 4 aromatic carbocycles. The molecule has 6 heterocycles. The summed E-state index contributed by atoms with van der Waals surface area (Å²) < 4.78 is 29.5. The van der Waals surface area contributed by atoms with Gasteiger partial charge >= 0.3 is 5.97 Å². The second-order valence-corrected chi connectivity index (χ2v) is 26.1. The number of hydrogen-bond acceptors (Lipinski definition) is 19. The summed E-state index contributed by atoms with van der Waals surface area (Å²) in [6.45, 7) is 12.7. The fourth-order valence-electron chi connectivity index (χ4n) is 11.5. The number of fused-ring (bicyclic) bond motifs is 4. The van der Waals surface area contributed by atoms with E-state index in [0.29, 0.717) is 22.8 Å². The number of carboxylic acid groups (broad SMARTS) is 1. The number of benzene rings is 4. The number of hydrogen-bond donors (Lipinski definition) is 6. The first-order valence-corrected chi connectivity index (χ1v) is 32.4. The van der Waals surface area contributed by atoms with Gasteiger partial charge < -0.3 is 46.4 Å². The number of aryl methyl sites for hydroxylation is 2. The van der Waals surface area contributed by atoms with Gasteiger partial charge in [-0.1, -0.05) is 95.3 Å². The van der Waals surface area contributed by atoms with Crippen LogP contribution in [0.15, 0.2) is 60.7 Å². The third-order valence-corrected chi connectivity index (χ3v) is 20.0. The minimum absolute atomic E-state index is 0.0843. The molecular formula is C60H74F2N14O5S4. The van der Waals surface area contributed by atoms with E-state index < -0.39 is 5.97 Å². The maximum atomic E-state index is 13.2. The summed E-state index contributed by atoms with van der Waals surface area (Å²) in [5.41, 5.74) is 7.33. The number of rotatable bonds is 18. The summed E-state index contributed by atoms with van der Waals surface area (Å²) in [6, 6.07) is 18.2. The Morgan fingerprint density at radius 3 is 1.26 bits per heavy atom. The molecule has 4 aliphatic rings. The predicted molar refractivity (Wildman–Crippen MR) is 340 cm³/mol. The van der Waals surface area contributed by atoms with Gasteiger partial charge in [0.15, 0.2) is 20.5 Å².